The zero-order chi connectivity index (χ0) is 6.00. The summed E-state index contributed by atoms with van der Waals surface area (Å²) in [6.45, 7) is 12.0. The lowest BCUT2D eigenvalue weighted by Crippen LogP contribution is -0.856. The predicted molar refractivity (Wildman–Crippen MR) is 80.3 cm³/mol. The fourth-order valence-corrected chi connectivity index (χ4v) is 0. The second-order valence-corrected chi connectivity index (χ2v) is 0. The van der Waals surface area contributed by atoms with E-state index < -0.39 is 0 Å². The van der Waals surface area contributed by atoms with Crippen molar-refractivity contribution >= 4 is 71.9 Å². The van der Waals surface area contributed by atoms with Crippen LogP contribution in [0.4, 0.5) is 0 Å². The van der Waals surface area contributed by atoms with Gasteiger partial charge in [0.1, 0.15) is 0 Å². The van der Waals surface area contributed by atoms with E-state index >= 15 is 0 Å². The molecule has 0 amide bonds. The summed E-state index contributed by atoms with van der Waals surface area (Å²) in [6.07, 6.45) is 0. The third-order valence-corrected chi connectivity index (χ3v) is 0. The molecule has 0 N–H and O–H groups in total. The Balaban J connectivity index is -0.00000000321. The van der Waals surface area contributed by atoms with Crippen LogP contribution in [-0.2, 0) is 0 Å². The minimum Gasteiger partial charge on any atom is -0.107 e. The monoisotopic (exact) mass is 474 g/mol. The first-order valence-corrected chi connectivity index (χ1v) is 3.00. The van der Waals surface area contributed by atoms with Gasteiger partial charge in [-0.05, 0) is 0 Å². The molecule has 0 rings (SSSR count). The molecule has 0 heterocycles. The van der Waals surface area contributed by atoms with Crippen LogP contribution in [0.1, 0.15) is 41.5 Å². The van der Waals surface area contributed by atoms with E-state index in [-0.39, 0.29) is 71.9 Å². The van der Waals surface area contributed by atoms with Gasteiger partial charge in [-0.15, -0.1) is 71.9 Å². The zero-order valence-corrected chi connectivity index (χ0v) is 14.2. The Morgan fingerprint density at radius 2 is 0.333 bits per heavy atom. The first-order valence-electron chi connectivity index (χ1n) is 3.00. The molecule has 0 unspecified atom stereocenters. The lowest BCUT2D eigenvalue weighted by molar-refractivity contribution is 1.50. The zero-order valence-electron chi connectivity index (χ0n) is 7.22. The molecule has 0 fully saturated rings. The molecule has 0 aromatic heterocycles. The Morgan fingerprint density at radius 3 is 0.333 bits per heavy atom. The Morgan fingerprint density at radius 1 is 0.333 bits per heavy atom. The van der Waals surface area contributed by atoms with E-state index in [9.17, 15) is 0 Å². The number of halogens is 3. The van der Waals surface area contributed by atoms with E-state index in [0.717, 1.165) is 0 Å². The quantitative estimate of drug-likeness (QED) is 0.437. The highest BCUT2D eigenvalue weighted by molar-refractivity contribution is 14.0. The van der Waals surface area contributed by atoms with Gasteiger partial charge in [-0.3, -0.25) is 0 Å². The third kappa shape index (κ3) is 143. The van der Waals surface area contributed by atoms with Crippen molar-refractivity contribution in [2.75, 3.05) is 0 Å². The molecule has 0 bridgehead atoms. The average molecular weight is 474 g/mol. The number of hydrogen-bond acceptors (Lipinski definition) is 0. The number of rotatable bonds is 0. The second-order valence-electron chi connectivity index (χ2n) is 0. The standard InChI is InChI=1S/3C2H6.3HI/c3*1-2;;;/h3*1-2H3;3*1H. The molecular formula is C6H21I3. The summed E-state index contributed by atoms with van der Waals surface area (Å²) in [4.78, 5) is 0. The topological polar surface area (TPSA) is 0 Å². The van der Waals surface area contributed by atoms with Crippen molar-refractivity contribution in [1.82, 2.24) is 0 Å². The largest absolute Gasteiger partial charge is 0.107 e. The minimum atomic E-state index is 0. The van der Waals surface area contributed by atoms with Crippen LogP contribution in [0.2, 0.25) is 0 Å². The van der Waals surface area contributed by atoms with Gasteiger partial charge in [-0.2, -0.15) is 0 Å². The first-order chi connectivity index (χ1) is 3.00. The molecule has 0 saturated carbocycles. The van der Waals surface area contributed by atoms with Gasteiger partial charge in [0.2, 0.25) is 0 Å². The molecule has 0 aliphatic heterocycles. The fraction of sp³-hybridized carbons (Fsp3) is 1.00. The van der Waals surface area contributed by atoms with Crippen molar-refractivity contribution in [3.8, 4) is 0 Å². The van der Waals surface area contributed by atoms with E-state index in [1.807, 2.05) is 41.5 Å². The summed E-state index contributed by atoms with van der Waals surface area (Å²) in [6, 6.07) is 0. The fourth-order valence-electron chi connectivity index (χ4n) is 0. The average Bonchev–Trinajstić information content (AvgIpc) is 1.81. The van der Waals surface area contributed by atoms with Gasteiger partial charge in [-0.25, -0.2) is 0 Å². The van der Waals surface area contributed by atoms with E-state index in [1.165, 1.54) is 0 Å². The van der Waals surface area contributed by atoms with Gasteiger partial charge in [-0.1, -0.05) is 41.5 Å². The molecule has 0 radical (unpaired) electrons. The van der Waals surface area contributed by atoms with Gasteiger partial charge in [0, 0.05) is 0 Å². The smallest absolute Gasteiger partial charge is 0.0683 e. The minimum absolute atomic E-state index is 0. The van der Waals surface area contributed by atoms with Crippen molar-refractivity contribution in [2.45, 2.75) is 41.5 Å². The van der Waals surface area contributed by atoms with Crippen LogP contribution in [0.15, 0.2) is 0 Å². The van der Waals surface area contributed by atoms with Gasteiger partial charge >= 0.3 is 0 Å². The second kappa shape index (κ2) is 179. The van der Waals surface area contributed by atoms with E-state index in [0.29, 0.717) is 0 Å². The molecule has 3 heteroatoms. The van der Waals surface area contributed by atoms with Gasteiger partial charge in [0.25, 0.3) is 0 Å². The molecule has 0 aliphatic rings. The summed E-state index contributed by atoms with van der Waals surface area (Å²) >= 11 is 0. The van der Waals surface area contributed by atoms with Crippen LogP contribution >= 0.6 is 71.9 Å². The maximum absolute atomic E-state index is 2.00. The molecule has 0 saturated heterocycles. The molecule has 0 aromatic carbocycles. The van der Waals surface area contributed by atoms with Crippen molar-refractivity contribution in [3.63, 3.8) is 0 Å². The summed E-state index contributed by atoms with van der Waals surface area (Å²) in [5.74, 6) is 0. The van der Waals surface area contributed by atoms with E-state index in [2.05, 4.69) is 0 Å². The van der Waals surface area contributed by atoms with Crippen molar-refractivity contribution < 1.29 is 0 Å². The van der Waals surface area contributed by atoms with Crippen molar-refractivity contribution in [3.05, 3.63) is 0 Å². The highest BCUT2D eigenvalue weighted by Gasteiger charge is 0.936. The van der Waals surface area contributed by atoms with Crippen LogP contribution in [0.25, 0.3) is 0 Å². The summed E-state index contributed by atoms with van der Waals surface area (Å²) in [7, 11) is 0. The van der Waals surface area contributed by atoms with Crippen molar-refractivity contribution in [2.24, 2.45) is 0 Å². The summed E-state index contributed by atoms with van der Waals surface area (Å²) in [5, 5.41) is 0. The van der Waals surface area contributed by atoms with E-state index in [1.54, 1.807) is 0 Å². The summed E-state index contributed by atoms with van der Waals surface area (Å²) < 4.78 is 0. The number of hydrogen-bond donors (Lipinski definition) is 0. The van der Waals surface area contributed by atoms with Crippen LogP contribution in [0, 0.1) is 0 Å². The Hall–Kier alpha value is 2.19. The van der Waals surface area contributed by atoms with Crippen LogP contribution in [0.3, 0.4) is 0 Å². The molecule has 0 spiro atoms. The first kappa shape index (κ1) is 43.1. The van der Waals surface area contributed by atoms with E-state index in [4.69, 9.17) is 0 Å². The van der Waals surface area contributed by atoms with Gasteiger partial charge in [0.15, 0.2) is 0 Å². The van der Waals surface area contributed by atoms with Crippen molar-refractivity contribution in [1.29, 1.82) is 0 Å². The van der Waals surface area contributed by atoms with Crippen LogP contribution < -0.4 is 0 Å². The lowest BCUT2D eigenvalue weighted by Gasteiger charge is -1.07. The molecule has 0 nitrogen and oxygen atoms in total. The predicted octanol–water partition coefficient (Wildman–Crippen LogP) is 4.93. The highest BCUT2D eigenvalue weighted by atomic mass is 127. The molecule has 0 aliphatic carbocycles. The van der Waals surface area contributed by atoms with Gasteiger partial charge in [0.05, 0.1) is 0 Å². The molecule has 9 heavy (non-hydrogen) atoms. The lowest BCUT2D eigenvalue weighted by atomic mass is 11.0. The van der Waals surface area contributed by atoms with Gasteiger partial charge < -0.3 is 0 Å². The Bertz CT molecular complexity index is 8.26. The molecule has 0 aromatic rings. The maximum atomic E-state index is 2.00. The molecular weight excluding hydrogens is 453 g/mol. The Labute approximate surface area is 112 Å². The summed E-state index contributed by atoms with van der Waals surface area (Å²) in [5.41, 5.74) is 0. The third-order valence-electron chi connectivity index (χ3n) is 0. The molecule has 0 atom stereocenters. The van der Waals surface area contributed by atoms with Crippen LogP contribution in [-0.4, -0.2) is 0 Å². The molecule has 66 valence electrons. The SMILES string of the molecule is CC.CC.CC.I.I.I. The Kier molecular flexibility index (Phi) is 860. The van der Waals surface area contributed by atoms with Crippen LogP contribution in [0.5, 0.6) is 0 Å². The maximum Gasteiger partial charge on any atom is -0.0683 e. The normalized spacial score (nSPS) is 2.00. The highest BCUT2D eigenvalue weighted by Crippen LogP contribution is 1.15.